The number of hydrogen-bond acceptors (Lipinski definition) is 4. The van der Waals surface area contributed by atoms with E-state index in [4.69, 9.17) is 11.0 Å². The van der Waals surface area contributed by atoms with E-state index in [1.54, 1.807) is 31.3 Å². The molecule has 1 rings (SSSR count). The first-order chi connectivity index (χ1) is 8.22. The molecule has 0 bridgehead atoms. The van der Waals surface area contributed by atoms with Gasteiger partial charge in [-0.3, -0.25) is 4.79 Å². The molecule has 0 aromatic heterocycles. The smallest absolute Gasteiger partial charge is 0.251 e. The summed E-state index contributed by atoms with van der Waals surface area (Å²) in [6.45, 7) is 0.532. The molecule has 0 aliphatic rings. The van der Waals surface area contributed by atoms with Gasteiger partial charge in [0, 0.05) is 19.2 Å². The highest BCUT2D eigenvalue weighted by Gasteiger charge is 2.07. The van der Waals surface area contributed by atoms with Crippen LogP contribution in [0.5, 0.6) is 0 Å². The van der Waals surface area contributed by atoms with Gasteiger partial charge in [-0.15, -0.1) is 0 Å². The summed E-state index contributed by atoms with van der Waals surface area (Å²) in [4.78, 5) is 11.4. The normalized spacial score (nSPS) is 9.88. The molecule has 0 saturated carbocycles. The Bertz CT molecular complexity index is 474. The second-order valence-corrected chi connectivity index (χ2v) is 3.26. The van der Waals surface area contributed by atoms with Crippen LogP contribution in [0, 0.1) is 11.3 Å². The number of carbonyl (C=O) groups excluding carboxylic acids is 1. The van der Waals surface area contributed by atoms with Gasteiger partial charge < -0.3 is 16.4 Å². The molecular formula is C12H14N4O. The van der Waals surface area contributed by atoms with Crippen molar-refractivity contribution < 1.29 is 4.79 Å². The van der Waals surface area contributed by atoms with Crippen molar-refractivity contribution in [1.29, 1.82) is 5.26 Å². The van der Waals surface area contributed by atoms with Crippen molar-refractivity contribution in [3.8, 4) is 6.07 Å². The third-order valence-corrected chi connectivity index (χ3v) is 2.18. The van der Waals surface area contributed by atoms with E-state index in [9.17, 15) is 4.79 Å². The minimum Gasteiger partial charge on any atom is -0.405 e. The molecule has 4 N–H and O–H groups in total. The van der Waals surface area contributed by atoms with Crippen molar-refractivity contribution in [2.75, 3.05) is 18.9 Å². The van der Waals surface area contributed by atoms with E-state index in [2.05, 4.69) is 10.6 Å². The Hall–Kier alpha value is -2.48. The van der Waals surface area contributed by atoms with Crippen LogP contribution in [0.15, 0.2) is 30.5 Å². The van der Waals surface area contributed by atoms with E-state index in [0.717, 1.165) is 0 Å². The van der Waals surface area contributed by atoms with Crippen LogP contribution < -0.4 is 16.4 Å². The molecule has 0 radical (unpaired) electrons. The average Bonchev–Trinajstić information content (AvgIpc) is 2.38. The Kier molecular flexibility index (Phi) is 4.58. The monoisotopic (exact) mass is 230 g/mol. The van der Waals surface area contributed by atoms with E-state index >= 15 is 0 Å². The van der Waals surface area contributed by atoms with Gasteiger partial charge in [0.1, 0.15) is 6.07 Å². The number of benzene rings is 1. The summed E-state index contributed by atoms with van der Waals surface area (Å²) in [6.07, 6.45) is 3.16. The number of nitrogens with one attached hydrogen (secondary N) is 2. The lowest BCUT2D eigenvalue weighted by atomic mass is 10.1. The number of anilines is 1. The quantitative estimate of drug-likeness (QED) is 0.713. The van der Waals surface area contributed by atoms with Crippen LogP contribution in [-0.2, 0) is 0 Å². The van der Waals surface area contributed by atoms with Gasteiger partial charge in [-0.05, 0) is 30.5 Å². The number of nitrogens with two attached hydrogens (primary N) is 1. The molecule has 1 amide bonds. The lowest BCUT2D eigenvalue weighted by Crippen LogP contribution is -2.18. The van der Waals surface area contributed by atoms with Crippen molar-refractivity contribution >= 4 is 11.6 Å². The van der Waals surface area contributed by atoms with Crippen LogP contribution in [0.1, 0.15) is 15.9 Å². The highest BCUT2D eigenvalue weighted by molar-refractivity contribution is 5.95. The summed E-state index contributed by atoms with van der Waals surface area (Å²) in [5.74, 6) is -0.213. The first kappa shape index (κ1) is 12.6. The molecular weight excluding hydrogens is 216 g/mol. The predicted octanol–water partition coefficient (Wildman–Crippen LogP) is 0.802. The predicted molar refractivity (Wildman–Crippen MR) is 66.4 cm³/mol. The largest absolute Gasteiger partial charge is 0.405 e. The molecule has 0 aliphatic heterocycles. The van der Waals surface area contributed by atoms with E-state index in [-0.39, 0.29) is 5.91 Å². The number of nitriles is 1. The molecule has 0 fully saturated rings. The van der Waals surface area contributed by atoms with Crippen molar-refractivity contribution in [3.05, 3.63) is 41.6 Å². The van der Waals surface area contributed by atoms with Crippen molar-refractivity contribution in [2.24, 2.45) is 5.73 Å². The molecule has 0 atom stereocenters. The minimum absolute atomic E-state index is 0.213. The maximum Gasteiger partial charge on any atom is 0.251 e. The van der Waals surface area contributed by atoms with E-state index in [1.807, 2.05) is 6.07 Å². The summed E-state index contributed by atoms with van der Waals surface area (Å²) >= 11 is 0. The Labute approximate surface area is 99.9 Å². The summed E-state index contributed by atoms with van der Waals surface area (Å²) in [7, 11) is 1.55. The average molecular weight is 230 g/mol. The van der Waals surface area contributed by atoms with Gasteiger partial charge in [0.25, 0.3) is 5.91 Å². The van der Waals surface area contributed by atoms with Crippen LogP contribution in [0.25, 0.3) is 0 Å². The lowest BCUT2D eigenvalue weighted by Gasteiger charge is -2.07. The summed E-state index contributed by atoms with van der Waals surface area (Å²) in [5, 5.41) is 14.5. The fourth-order valence-electron chi connectivity index (χ4n) is 1.31. The molecule has 17 heavy (non-hydrogen) atoms. The van der Waals surface area contributed by atoms with Crippen molar-refractivity contribution in [1.82, 2.24) is 5.32 Å². The zero-order valence-electron chi connectivity index (χ0n) is 9.53. The van der Waals surface area contributed by atoms with Crippen LogP contribution in [0.4, 0.5) is 5.69 Å². The lowest BCUT2D eigenvalue weighted by molar-refractivity contribution is 0.0963. The van der Waals surface area contributed by atoms with Gasteiger partial charge >= 0.3 is 0 Å². The van der Waals surface area contributed by atoms with Crippen molar-refractivity contribution in [2.45, 2.75) is 0 Å². The molecule has 0 unspecified atom stereocenters. The number of nitrogens with zero attached hydrogens (tertiary/aromatic N) is 1. The Morgan fingerprint density at radius 1 is 1.59 bits per heavy atom. The molecule has 0 aliphatic carbocycles. The van der Waals surface area contributed by atoms with Crippen LogP contribution in [0.2, 0.25) is 0 Å². The van der Waals surface area contributed by atoms with Gasteiger partial charge in [0.15, 0.2) is 0 Å². The first-order valence-electron chi connectivity index (χ1n) is 5.09. The van der Waals surface area contributed by atoms with Gasteiger partial charge in [0.05, 0.1) is 11.3 Å². The third kappa shape index (κ3) is 3.24. The van der Waals surface area contributed by atoms with E-state index < -0.39 is 0 Å². The van der Waals surface area contributed by atoms with Crippen LogP contribution >= 0.6 is 0 Å². The zero-order chi connectivity index (χ0) is 12.7. The summed E-state index contributed by atoms with van der Waals surface area (Å²) < 4.78 is 0. The summed E-state index contributed by atoms with van der Waals surface area (Å²) in [6, 6.07) is 6.96. The number of carbonyl (C=O) groups is 1. The molecule has 5 heteroatoms. The fourth-order valence-corrected chi connectivity index (χ4v) is 1.31. The Balaban J connectivity index is 2.94. The highest BCUT2D eigenvalue weighted by atomic mass is 16.1. The molecule has 0 heterocycles. The first-order valence-corrected chi connectivity index (χ1v) is 5.09. The van der Waals surface area contributed by atoms with E-state index in [1.165, 1.54) is 6.20 Å². The summed E-state index contributed by atoms with van der Waals surface area (Å²) in [5.41, 5.74) is 6.77. The number of amides is 1. The third-order valence-electron chi connectivity index (χ3n) is 2.18. The molecule has 0 spiro atoms. The van der Waals surface area contributed by atoms with Gasteiger partial charge in [0.2, 0.25) is 0 Å². The molecule has 1 aromatic rings. The maximum atomic E-state index is 11.4. The number of rotatable bonds is 4. The molecule has 5 nitrogen and oxygen atoms in total. The van der Waals surface area contributed by atoms with Crippen LogP contribution in [-0.4, -0.2) is 19.5 Å². The Morgan fingerprint density at radius 2 is 2.35 bits per heavy atom. The van der Waals surface area contributed by atoms with E-state index in [0.29, 0.717) is 23.4 Å². The maximum absolute atomic E-state index is 11.4. The fraction of sp³-hybridized carbons (Fsp3) is 0.167. The standard InChI is InChI=1S/C12H14N4O/c1-15-12(17)9-3-4-11(10(7-9)8-14)16-6-2-5-13/h2-5,7,16H,6,13H2,1H3,(H,15,17)/b5-2+. The SMILES string of the molecule is CNC(=O)c1ccc(NC/C=C/N)c(C#N)c1. The van der Waals surface area contributed by atoms with Gasteiger partial charge in [-0.2, -0.15) is 5.26 Å². The topological polar surface area (TPSA) is 90.9 Å². The van der Waals surface area contributed by atoms with Crippen LogP contribution in [0.3, 0.4) is 0 Å². The highest BCUT2D eigenvalue weighted by Crippen LogP contribution is 2.16. The second kappa shape index (κ2) is 6.18. The van der Waals surface area contributed by atoms with Gasteiger partial charge in [-0.1, -0.05) is 0 Å². The second-order valence-electron chi connectivity index (χ2n) is 3.26. The zero-order valence-corrected chi connectivity index (χ0v) is 9.53. The molecule has 88 valence electrons. The van der Waals surface area contributed by atoms with Gasteiger partial charge in [-0.25, -0.2) is 0 Å². The van der Waals surface area contributed by atoms with Crippen molar-refractivity contribution in [3.63, 3.8) is 0 Å². The Morgan fingerprint density at radius 3 is 2.94 bits per heavy atom. The molecule has 1 aromatic carbocycles. The molecule has 0 saturated heterocycles. The minimum atomic E-state index is -0.213. The number of hydrogen-bond donors (Lipinski definition) is 3.